The Morgan fingerprint density at radius 2 is 1.89 bits per heavy atom. The quantitative estimate of drug-likeness (QED) is 0.602. The summed E-state index contributed by atoms with van der Waals surface area (Å²) in [7, 11) is 0. The van der Waals surface area contributed by atoms with Gasteiger partial charge in [0.25, 0.3) is 11.5 Å². The highest BCUT2D eigenvalue weighted by Gasteiger charge is 2.15. The molecule has 3 rings (SSSR count). The van der Waals surface area contributed by atoms with Crippen molar-refractivity contribution in [2.45, 2.75) is 34.1 Å². The molecule has 27 heavy (non-hydrogen) atoms. The Labute approximate surface area is 159 Å². The molecule has 8 heteroatoms. The van der Waals surface area contributed by atoms with Crippen molar-refractivity contribution in [3.8, 4) is 0 Å². The predicted molar refractivity (Wildman–Crippen MR) is 105 cm³/mol. The minimum Gasteiger partial charge on any atom is -0.309 e. The van der Waals surface area contributed by atoms with E-state index in [1.165, 1.54) is 11.3 Å². The maximum Gasteiger partial charge on any atom is 0.269 e. The number of aryl methyl sites for hydroxylation is 4. The number of benzene rings is 1. The molecule has 0 saturated heterocycles. The average molecular weight is 384 g/mol. The van der Waals surface area contributed by atoms with E-state index < -0.39 is 11.8 Å². The number of carbonyl (C=O) groups is 2. The fourth-order valence-corrected chi connectivity index (χ4v) is 3.80. The number of nitrogens with zero attached hydrogens (tertiary/aromatic N) is 1. The van der Waals surface area contributed by atoms with E-state index in [9.17, 15) is 14.4 Å². The van der Waals surface area contributed by atoms with Crippen molar-refractivity contribution in [1.29, 1.82) is 0 Å². The first-order valence-corrected chi connectivity index (χ1v) is 9.23. The summed E-state index contributed by atoms with van der Waals surface area (Å²) >= 11 is 1.42. The van der Waals surface area contributed by atoms with Gasteiger partial charge in [-0.05, 0) is 44.9 Å². The maximum absolute atomic E-state index is 12.2. The normalized spacial score (nSPS) is 10.8. The number of carbonyl (C=O) groups excluding carboxylic acids is 2. The van der Waals surface area contributed by atoms with Gasteiger partial charge in [-0.25, -0.2) is 4.98 Å². The Morgan fingerprint density at radius 1 is 1.15 bits per heavy atom. The highest BCUT2D eigenvalue weighted by Crippen LogP contribution is 2.25. The minimum absolute atomic E-state index is 0.145. The lowest BCUT2D eigenvalue weighted by Gasteiger charge is -2.09. The van der Waals surface area contributed by atoms with Crippen LogP contribution in [0.2, 0.25) is 0 Å². The summed E-state index contributed by atoms with van der Waals surface area (Å²) in [5.41, 5.74) is 7.66. The summed E-state index contributed by atoms with van der Waals surface area (Å²) in [5, 5.41) is 0.560. The van der Waals surface area contributed by atoms with Crippen LogP contribution in [0.15, 0.2) is 23.0 Å². The number of hydrogen-bond acceptors (Lipinski definition) is 5. The van der Waals surface area contributed by atoms with E-state index in [-0.39, 0.29) is 17.8 Å². The SMILES string of the molecule is Cc1ccc(C)c(C(=O)NNC(=O)Cc2nc3sc(C)c(C)c3c(=O)[nH]2)c1. The first kappa shape index (κ1) is 18.8. The number of nitrogens with one attached hydrogen (secondary N) is 3. The molecule has 0 spiro atoms. The number of aromatic amines is 1. The smallest absolute Gasteiger partial charge is 0.269 e. The van der Waals surface area contributed by atoms with Crippen molar-refractivity contribution in [3.05, 3.63) is 61.5 Å². The van der Waals surface area contributed by atoms with E-state index in [1.54, 1.807) is 6.07 Å². The van der Waals surface area contributed by atoms with Crippen LogP contribution in [0.3, 0.4) is 0 Å². The number of rotatable bonds is 3. The predicted octanol–water partition coefficient (Wildman–Crippen LogP) is 2.22. The van der Waals surface area contributed by atoms with Crippen molar-refractivity contribution < 1.29 is 9.59 Å². The second-order valence-electron chi connectivity index (χ2n) is 6.47. The zero-order valence-electron chi connectivity index (χ0n) is 15.5. The zero-order chi connectivity index (χ0) is 19.7. The Kier molecular flexibility index (Phi) is 5.09. The molecule has 0 unspecified atom stereocenters. The fraction of sp³-hybridized carbons (Fsp3) is 0.263. The lowest BCUT2D eigenvalue weighted by atomic mass is 10.1. The highest BCUT2D eigenvalue weighted by atomic mass is 32.1. The molecule has 0 aliphatic heterocycles. The molecule has 7 nitrogen and oxygen atoms in total. The second-order valence-corrected chi connectivity index (χ2v) is 7.68. The van der Waals surface area contributed by atoms with Gasteiger partial charge in [0, 0.05) is 10.4 Å². The average Bonchev–Trinajstić information content (AvgIpc) is 2.89. The third-order valence-corrected chi connectivity index (χ3v) is 5.47. The molecule has 0 fully saturated rings. The second kappa shape index (κ2) is 7.32. The summed E-state index contributed by atoms with van der Waals surface area (Å²) in [6.07, 6.45) is -0.145. The van der Waals surface area contributed by atoms with E-state index in [2.05, 4.69) is 20.8 Å². The van der Waals surface area contributed by atoms with Crippen molar-refractivity contribution in [2.75, 3.05) is 0 Å². The van der Waals surface area contributed by atoms with Gasteiger partial charge in [-0.1, -0.05) is 17.7 Å². The van der Waals surface area contributed by atoms with Crippen molar-refractivity contribution >= 4 is 33.4 Å². The molecule has 3 aromatic rings. The summed E-state index contributed by atoms with van der Waals surface area (Å²) < 4.78 is 0. The number of hydrogen-bond donors (Lipinski definition) is 3. The van der Waals surface area contributed by atoms with Gasteiger partial charge in [0.2, 0.25) is 5.91 Å². The van der Waals surface area contributed by atoms with Crippen molar-refractivity contribution in [1.82, 2.24) is 20.8 Å². The number of hydrazine groups is 1. The monoisotopic (exact) mass is 384 g/mol. The lowest BCUT2D eigenvalue weighted by Crippen LogP contribution is -2.43. The highest BCUT2D eigenvalue weighted by molar-refractivity contribution is 7.18. The van der Waals surface area contributed by atoms with Gasteiger partial charge in [-0.2, -0.15) is 0 Å². The Morgan fingerprint density at radius 3 is 2.63 bits per heavy atom. The van der Waals surface area contributed by atoms with E-state index in [0.717, 1.165) is 21.6 Å². The molecule has 0 atom stereocenters. The van der Waals surface area contributed by atoms with Gasteiger partial charge in [0.15, 0.2) is 0 Å². The molecule has 0 saturated carbocycles. The maximum atomic E-state index is 12.2. The molecule has 140 valence electrons. The number of fused-ring (bicyclic) bond motifs is 1. The molecule has 0 aliphatic rings. The summed E-state index contributed by atoms with van der Waals surface area (Å²) in [4.78, 5) is 45.2. The largest absolute Gasteiger partial charge is 0.309 e. The molecule has 1 aromatic carbocycles. The molecule has 2 aromatic heterocycles. The third kappa shape index (κ3) is 3.90. The standard InChI is InChI=1S/C19H20N4O3S/c1-9-5-6-10(2)13(7-9)17(25)23-22-15(24)8-14-20-18(26)16-11(3)12(4)27-19(16)21-14/h5-7H,8H2,1-4H3,(H,22,24)(H,23,25)(H,20,21,26). The van der Waals surface area contributed by atoms with Crippen LogP contribution in [0, 0.1) is 27.7 Å². The van der Waals surface area contributed by atoms with Gasteiger partial charge in [0.05, 0.1) is 11.8 Å². The van der Waals surface area contributed by atoms with Gasteiger partial charge < -0.3 is 4.98 Å². The molecule has 2 amide bonds. The zero-order valence-corrected chi connectivity index (χ0v) is 16.3. The Bertz CT molecular complexity index is 1110. The fourth-order valence-electron chi connectivity index (χ4n) is 2.75. The van der Waals surface area contributed by atoms with Gasteiger partial charge in [-0.15, -0.1) is 11.3 Å². The number of H-pyrrole nitrogens is 1. The number of amides is 2. The molecule has 2 heterocycles. The summed E-state index contributed by atoms with van der Waals surface area (Å²) in [5.74, 6) is -0.612. The lowest BCUT2D eigenvalue weighted by molar-refractivity contribution is -0.121. The summed E-state index contributed by atoms with van der Waals surface area (Å²) in [6, 6.07) is 5.52. The van der Waals surface area contributed by atoms with E-state index in [0.29, 0.717) is 15.8 Å². The Balaban J connectivity index is 1.69. The first-order chi connectivity index (χ1) is 12.8. The molecular weight excluding hydrogens is 364 g/mol. The topological polar surface area (TPSA) is 104 Å². The minimum atomic E-state index is -0.471. The number of thiophene rings is 1. The van der Waals surface area contributed by atoms with Crippen molar-refractivity contribution in [3.63, 3.8) is 0 Å². The third-order valence-electron chi connectivity index (χ3n) is 4.37. The molecular formula is C19H20N4O3S. The van der Waals surface area contributed by atoms with Crippen LogP contribution in [-0.4, -0.2) is 21.8 Å². The van der Waals surface area contributed by atoms with Crippen molar-refractivity contribution in [2.24, 2.45) is 0 Å². The van der Waals surface area contributed by atoms with Crippen LogP contribution >= 0.6 is 11.3 Å². The van der Waals surface area contributed by atoms with Crippen LogP contribution in [0.5, 0.6) is 0 Å². The van der Waals surface area contributed by atoms with Crippen LogP contribution in [-0.2, 0) is 11.2 Å². The van der Waals surface area contributed by atoms with E-state index in [1.807, 2.05) is 39.8 Å². The van der Waals surface area contributed by atoms with Crippen LogP contribution in [0.25, 0.3) is 10.2 Å². The number of aromatic nitrogens is 2. The first-order valence-electron chi connectivity index (χ1n) is 8.41. The van der Waals surface area contributed by atoms with Gasteiger partial charge >= 0.3 is 0 Å². The molecule has 0 bridgehead atoms. The van der Waals surface area contributed by atoms with Gasteiger partial charge in [0.1, 0.15) is 10.7 Å². The van der Waals surface area contributed by atoms with Crippen LogP contribution in [0.4, 0.5) is 0 Å². The molecule has 0 radical (unpaired) electrons. The molecule has 3 N–H and O–H groups in total. The van der Waals surface area contributed by atoms with Crippen LogP contribution in [0.1, 0.15) is 37.7 Å². The summed E-state index contributed by atoms with van der Waals surface area (Å²) in [6.45, 7) is 7.52. The van der Waals surface area contributed by atoms with Gasteiger partial charge in [-0.3, -0.25) is 25.2 Å². The van der Waals surface area contributed by atoms with E-state index >= 15 is 0 Å². The van der Waals surface area contributed by atoms with Crippen LogP contribution < -0.4 is 16.4 Å². The Hall–Kier alpha value is -3.00. The van der Waals surface area contributed by atoms with E-state index in [4.69, 9.17) is 0 Å². The molecule has 0 aliphatic carbocycles.